The molecular weight excluding hydrogens is 232 g/mol. The summed E-state index contributed by atoms with van der Waals surface area (Å²) in [5.41, 5.74) is 5.03. The molecule has 0 atom stereocenters. The van der Waals surface area contributed by atoms with Gasteiger partial charge in [0.15, 0.2) is 0 Å². The van der Waals surface area contributed by atoms with E-state index < -0.39 is 0 Å². The van der Waals surface area contributed by atoms with E-state index in [9.17, 15) is 0 Å². The fraction of sp³-hybridized carbons (Fsp3) is 0.214. The van der Waals surface area contributed by atoms with Crippen LogP contribution in [0.25, 0.3) is 16.4 Å². The maximum Gasteiger partial charge on any atom is 0.0719 e. The van der Waals surface area contributed by atoms with Crippen molar-refractivity contribution in [2.75, 3.05) is 0 Å². The number of hydrogen-bond donors (Lipinski definition) is 0. The van der Waals surface area contributed by atoms with E-state index in [0.717, 1.165) is 23.4 Å². The van der Waals surface area contributed by atoms with Gasteiger partial charge in [0.2, 0.25) is 0 Å². The Morgan fingerprint density at radius 2 is 2.12 bits per heavy atom. The predicted octanol–water partition coefficient (Wildman–Crippen LogP) is 3.63. The van der Waals surface area contributed by atoms with Gasteiger partial charge in [0.25, 0.3) is 0 Å². The van der Waals surface area contributed by atoms with Crippen molar-refractivity contribution in [3.63, 3.8) is 0 Å². The first-order valence-corrected chi connectivity index (χ1v) is 6.29. The fourth-order valence-corrected chi connectivity index (χ4v) is 3.24. The summed E-state index contributed by atoms with van der Waals surface area (Å²) in [6.45, 7) is 0. The van der Waals surface area contributed by atoms with Gasteiger partial charge in [-0.15, -0.1) is 0 Å². The Bertz CT molecular complexity index is 743. The third-order valence-corrected chi connectivity index (χ3v) is 3.94. The molecule has 3 heteroatoms. The van der Waals surface area contributed by atoms with Gasteiger partial charge in [-0.1, -0.05) is 23.7 Å². The largest absolute Gasteiger partial charge is 0.311 e. The molecule has 0 radical (unpaired) electrons. The maximum absolute atomic E-state index is 6.34. The van der Waals surface area contributed by atoms with Crippen LogP contribution in [0.1, 0.15) is 17.7 Å². The van der Waals surface area contributed by atoms with Crippen LogP contribution in [0.3, 0.4) is 0 Å². The molecule has 0 amide bonds. The van der Waals surface area contributed by atoms with Crippen LogP contribution in [0.15, 0.2) is 30.6 Å². The monoisotopic (exact) mass is 242 g/mol. The first-order chi connectivity index (χ1) is 8.36. The van der Waals surface area contributed by atoms with Gasteiger partial charge in [-0.05, 0) is 30.9 Å². The van der Waals surface area contributed by atoms with Crippen LogP contribution in [0.2, 0.25) is 5.02 Å². The van der Waals surface area contributed by atoms with Crippen LogP contribution in [-0.2, 0) is 12.8 Å². The van der Waals surface area contributed by atoms with Crippen molar-refractivity contribution in [3.05, 3.63) is 46.9 Å². The molecule has 4 rings (SSSR count). The lowest BCUT2D eigenvalue weighted by Crippen LogP contribution is -2.03. The van der Waals surface area contributed by atoms with Crippen LogP contribution in [0, 0.1) is 0 Å². The minimum Gasteiger partial charge on any atom is -0.311 e. The number of halogens is 1. The Balaban J connectivity index is 2.36. The van der Waals surface area contributed by atoms with Crippen molar-refractivity contribution < 1.29 is 0 Å². The molecule has 0 fully saturated rings. The minimum absolute atomic E-state index is 0.822. The van der Waals surface area contributed by atoms with Crippen molar-refractivity contribution >= 4 is 28.0 Å². The molecule has 0 bridgehead atoms. The van der Waals surface area contributed by atoms with Crippen LogP contribution < -0.4 is 0 Å². The smallest absolute Gasteiger partial charge is 0.0719 e. The zero-order chi connectivity index (χ0) is 11.4. The zero-order valence-electron chi connectivity index (χ0n) is 9.28. The van der Waals surface area contributed by atoms with E-state index in [-0.39, 0.29) is 0 Å². The van der Waals surface area contributed by atoms with Gasteiger partial charge < -0.3 is 4.40 Å². The Labute approximate surface area is 104 Å². The predicted molar refractivity (Wildman–Crippen MR) is 69.7 cm³/mol. The molecule has 0 spiro atoms. The summed E-state index contributed by atoms with van der Waals surface area (Å²) in [5.74, 6) is 0. The van der Waals surface area contributed by atoms with Crippen molar-refractivity contribution in [1.29, 1.82) is 0 Å². The van der Waals surface area contributed by atoms with Gasteiger partial charge >= 0.3 is 0 Å². The van der Waals surface area contributed by atoms with E-state index in [1.807, 2.05) is 24.5 Å². The average Bonchev–Trinajstić information content (AvgIpc) is 2.69. The summed E-state index contributed by atoms with van der Waals surface area (Å²) in [6.07, 6.45) is 7.28. The third kappa shape index (κ3) is 1.14. The number of benzene rings is 1. The van der Waals surface area contributed by atoms with E-state index in [0.29, 0.717) is 0 Å². The van der Waals surface area contributed by atoms with Gasteiger partial charge in [0.05, 0.1) is 21.7 Å². The zero-order valence-corrected chi connectivity index (χ0v) is 10.0. The molecule has 17 heavy (non-hydrogen) atoms. The highest BCUT2D eigenvalue weighted by atomic mass is 35.5. The molecule has 2 aromatic heterocycles. The molecule has 0 N–H and O–H groups in total. The molecule has 1 aliphatic carbocycles. The van der Waals surface area contributed by atoms with E-state index in [1.54, 1.807) is 0 Å². The van der Waals surface area contributed by atoms with Crippen LogP contribution in [0.5, 0.6) is 0 Å². The van der Waals surface area contributed by atoms with Crippen molar-refractivity contribution in [2.45, 2.75) is 19.3 Å². The first kappa shape index (κ1) is 9.49. The highest BCUT2D eigenvalue weighted by Crippen LogP contribution is 2.35. The third-order valence-electron chi connectivity index (χ3n) is 3.64. The van der Waals surface area contributed by atoms with Gasteiger partial charge in [0, 0.05) is 17.8 Å². The summed E-state index contributed by atoms with van der Waals surface area (Å²) in [5, 5.41) is 2.11. The molecule has 84 valence electrons. The average molecular weight is 243 g/mol. The Hall–Kier alpha value is -1.54. The second kappa shape index (κ2) is 3.23. The summed E-state index contributed by atoms with van der Waals surface area (Å²) in [7, 11) is 0. The first-order valence-electron chi connectivity index (χ1n) is 5.91. The van der Waals surface area contributed by atoms with Gasteiger partial charge in [-0.2, -0.15) is 0 Å². The lowest BCUT2D eigenvalue weighted by atomic mass is 9.98. The number of aromatic nitrogens is 2. The summed E-state index contributed by atoms with van der Waals surface area (Å²) in [4.78, 5) is 4.50. The number of hydrogen-bond acceptors (Lipinski definition) is 1. The molecule has 1 aromatic carbocycles. The molecule has 2 heterocycles. The highest BCUT2D eigenvalue weighted by Gasteiger charge is 2.20. The van der Waals surface area contributed by atoms with Crippen molar-refractivity contribution in [1.82, 2.24) is 9.38 Å². The standard InChI is InChI=1S/C14H11ClN2/c15-11-5-1-3-9-10-4-2-6-12-14(10)17(13(9)11)8-7-16-12/h1,3,5,7-8H,2,4,6H2. The highest BCUT2D eigenvalue weighted by molar-refractivity contribution is 6.35. The molecule has 1 aliphatic rings. The molecule has 2 nitrogen and oxygen atoms in total. The number of fused-ring (bicyclic) bond motifs is 3. The second-order valence-electron chi connectivity index (χ2n) is 4.56. The Morgan fingerprint density at radius 1 is 1.18 bits per heavy atom. The SMILES string of the molecule is Clc1cccc2c3c4c(nccn4c12)CCC3. The van der Waals surface area contributed by atoms with Gasteiger partial charge in [0.1, 0.15) is 0 Å². The molecule has 3 aromatic rings. The summed E-state index contributed by atoms with van der Waals surface area (Å²) < 4.78 is 2.20. The molecule has 0 saturated heterocycles. The second-order valence-corrected chi connectivity index (χ2v) is 4.97. The number of nitrogens with zero attached hydrogens (tertiary/aromatic N) is 2. The lowest BCUT2D eigenvalue weighted by molar-refractivity contribution is 0.780. The van der Waals surface area contributed by atoms with Crippen molar-refractivity contribution in [2.24, 2.45) is 0 Å². The van der Waals surface area contributed by atoms with E-state index in [4.69, 9.17) is 11.6 Å². The summed E-state index contributed by atoms with van der Waals surface area (Å²) in [6, 6.07) is 6.15. The Kier molecular flexibility index (Phi) is 1.80. The Morgan fingerprint density at radius 3 is 3.06 bits per heavy atom. The maximum atomic E-state index is 6.34. The lowest BCUT2D eigenvalue weighted by Gasteiger charge is -2.11. The van der Waals surface area contributed by atoms with Crippen LogP contribution in [-0.4, -0.2) is 9.38 Å². The van der Waals surface area contributed by atoms with Crippen LogP contribution >= 0.6 is 11.6 Å². The van der Waals surface area contributed by atoms with E-state index in [2.05, 4.69) is 15.5 Å². The topological polar surface area (TPSA) is 17.3 Å². The van der Waals surface area contributed by atoms with Crippen LogP contribution in [0.4, 0.5) is 0 Å². The summed E-state index contributed by atoms with van der Waals surface area (Å²) >= 11 is 6.34. The van der Waals surface area contributed by atoms with Gasteiger partial charge in [-0.3, -0.25) is 4.98 Å². The van der Waals surface area contributed by atoms with Gasteiger partial charge in [-0.25, -0.2) is 0 Å². The molecular formula is C14H11ClN2. The fourth-order valence-electron chi connectivity index (χ4n) is 2.97. The van der Waals surface area contributed by atoms with E-state index in [1.165, 1.54) is 28.6 Å². The van der Waals surface area contributed by atoms with E-state index >= 15 is 0 Å². The number of para-hydroxylation sites is 1. The van der Waals surface area contributed by atoms with Crippen molar-refractivity contribution in [3.8, 4) is 0 Å². The quantitative estimate of drug-likeness (QED) is 0.589. The number of rotatable bonds is 0. The molecule has 0 aliphatic heterocycles. The number of aryl methyl sites for hydroxylation is 2. The minimum atomic E-state index is 0.822. The molecule has 0 saturated carbocycles. The normalized spacial score (nSPS) is 14.6. The molecule has 0 unspecified atom stereocenters.